The zero-order chi connectivity index (χ0) is 10.5. The number of Topliss-reactive ketones (excluding diaryl/α,β-unsaturated/α-hetero) is 1. The summed E-state index contributed by atoms with van der Waals surface area (Å²) in [6.07, 6.45) is 2.79. The molecule has 0 radical (unpaired) electrons. The highest BCUT2D eigenvalue weighted by molar-refractivity contribution is 5.78. The molecule has 0 fully saturated rings. The Labute approximate surface area is 81.2 Å². The van der Waals surface area contributed by atoms with E-state index in [2.05, 4.69) is 6.58 Å². The summed E-state index contributed by atoms with van der Waals surface area (Å²) in [5.41, 5.74) is 6.62. The quantitative estimate of drug-likeness (QED) is 0.643. The van der Waals surface area contributed by atoms with Crippen molar-refractivity contribution >= 4 is 5.78 Å². The minimum absolute atomic E-state index is 0.223. The molecule has 0 amide bonds. The molecule has 0 bridgehead atoms. The molecule has 2 heteroatoms. The summed E-state index contributed by atoms with van der Waals surface area (Å²) in [5, 5.41) is 0. The van der Waals surface area contributed by atoms with Crippen LogP contribution in [-0.2, 0) is 4.79 Å². The van der Waals surface area contributed by atoms with Gasteiger partial charge in [0.1, 0.15) is 5.78 Å². The lowest BCUT2D eigenvalue weighted by molar-refractivity contribution is -0.119. The maximum atomic E-state index is 11.3. The van der Waals surface area contributed by atoms with Gasteiger partial charge in [-0.3, -0.25) is 4.79 Å². The van der Waals surface area contributed by atoms with Crippen LogP contribution in [0.2, 0.25) is 0 Å². The molecule has 0 rings (SSSR count). The normalized spacial score (nSPS) is 11.4. The lowest BCUT2D eigenvalue weighted by atomic mass is 9.96. The molecule has 13 heavy (non-hydrogen) atoms. The zero-order valence-corrected chi connectivity index (χ0v) is 9.02. The molecule has 0 aliphatic carbocycles. The molecule has 0 heterocycles. The van der Waals surface area contributed by atoms with Gasteiger partial charge in [0.25, 0.3) is 0 Å². The Morgan fingerprint density at radius 2 is 1.85 bits per heavy atom. The maximum Gasteiger partial charge on any atom is 0.133 e. The third kappa shape index (κ3) is 9.28. The molecule has 0 aromatic heterocycles. The minimum atomic E-state index is -0.223. The Morgan fingerprint density at radius 3 is 2.23 bits per heavy atom. The van der Waals surface area contributed by atoms with Gasteiger partial charge >= 0.3 is 0 Å². The van der Waals surface area contributed by atoms with Crippen molar-refractivity contribution in [2.75, 3.05) is 0 Å². The van der Waals surface area contributed by atoms with E-state index in [9.17, 15) is 4.79 Å². The Balaban J connectivity index is 3.58. The Bertz CT molecular complexity index is 189. The SMILES string of the molecule is C=C(C)CCC(=O)CCC(C)(C)N. The summed E-state index contributed by atoms with van der Waals surface area (Å²) in [4.78, 5) is 11.3. The molecule has 0 unspecified atom stereocenters. The van der Waals surface area contributed by atoms with Gasteiger partial charge in [-0.1, -0.05) is 5.57 Å². The van der Waals surface area contributed by atoms with Crippen molar-refractivity contribution in [3.63, 3.8) is 0 Å². The van der Waals surface area contributed by atoms with Gasteiger partial charge in [-0.15, -0.1) is 6.58 Å². The highest BCUT2D eigenvalue weighted by atomic mass is 16.1. The maximum absolute atomic E-state index is 11.3. The van der Waals surface area contributed by atoms with Crippen molar-refractivity contribution in [3.05, 3.63) is 12.2 Å². The molecule has 0 aromatic rings. The fraction of sp³-hybridized carbons (Fsp3) is 0.727. The number of rotatable bonds is 6. The van der Waals surface area contributed by atoms with Gasteiger partial charge in [-0.2, -0.15) is 0 Å². The molecule has 76 valence electrons. The van der Waals surface area contributed by atoms with Gasteiger partial charge in [-0.05, 0) is 33.6 Å². The Morgan fingerprint density at radius 1 is 1.31 bits per heavy atom. The Kier molecular flexibility index (Phi) is 4.92. The van der Waals surface area contributed by atoms with Crippen LogP contribution in [0.4, 0.5) is 0 Å². The first-order valence-electron chi connectivity index (χ1n) is 4.76. The lowest BCUT2D eigenvalue weighted by Crippen LogP contribution is -2.32. The van der Waals surface area contributed by atoms with E-state index in [0.29, 0.717) is 18.6 Å². The van der Waals surface area contributed by atoms with Crippen molar-refractivity contribution in [1.82, 2.24) is 0 Å². The van der Waals surface area contributed by atoms with Crippen LogP contribution in [0.15, 0.2) is 12.2 Å². The average molecular weight is 183 g/mol. The van der Waals surface area contributed by atoms with Crippen molar-refractivity contribution in [2.45, 2.75) is 52.0 Å². The van der Waals surface area contributed by atoms with Crippen molar-refractivity contribution in [1.29, 1.82) is 0 Å². The lowest BCUT2D eigenvalue weighted by Gasteiger charge is -2.17. The van der Waals surface area contributed by atoms with Crippen LogP contribution in [0.1, 0.15) is 46.5 Å². The van der Waals surface area contributed by atoms with E-state index in [1.165, 1.54) is 0 Å². The molecule has 0 aromatic carbocycles. The third-order valence-corrected chi connectivity index (χ3v) is 1.88. The molecular weight excluding hydrogens is 162 g/mol. The van der Waals surface area contributed by atoms with Crippen molar-refractivity contribution in [3.8, 4) is 0 Å². The number of hydrogen-bond acceptors (Lipinski definition) is 2. The molecule has 2 N–H and O–H groups in total. The summed E-state index contributed by atoms with van der Waals surface area (Å²) < 4.78 is 0. The highest BCUT2D eigenvalue weighted by Gasteiger charge is 2.12. The number of carbonyl (C=O) groups is 1. The summed E-state index contributed by atoms with van der Waals surface area (Å²) in [6, 6.07) is 0. The molecular formula is C11H21NO. The monoisotopic (exact) mass is 183 g/mol. The van der Waals surface area contributed by atoms with Crippen LogP contribution in [0.5, 0.6) is 0 Å². The fourth-order valence-electron chi connectivity index (χ4n) is 0.939. The second-order valence-electron chi connectivity index (χ2n) is 4.48. The molecule has 0 atom stereocenters. The van der Waals surface area contributed by atoms with Crippen LogP contribution < -0.4 is 5.73 Å². The van der Waals surface area contributed by atoms with E-state index in [-0.39, 0.29) is 5.54 Å². The predicted octanol–water partition coefficient (Wildman–Crippen LogP) is 2.43. The number of carbonyl (C=O) groups excluding carboxylic acids is 1. The van der Waals surface area contributed by atoms with Crippen LogP contribution in [0.3, 0.4) is 0 Å². The predicted molar refractivity (Wildman–Crippen MR) is 56.6 cm³/mol. The summed E-state index contributed by atoms with van der Waals surface area (Å²) in [7, 11) is 0. The van der Waals surface area contributed by atoms with E-state index in [1.54, 1.807) is 0 Å². The first-order valence-corrected chi connectivity index (χ1v) is 4.76. The summed E-state index contributed by atoms with van der Waals surface area (Å²) >= 11 is 0. The zero-order valence-electron chi connectivity index (χ0n) is 9.02. The molecule has 2 nitrogen and oxygen atoms in total. The van der Waals surface area contributed by atoms with Gasteiger partial charge in [0.05, 0.1) is 0 Å². The molecule has 0 aliphatic rings. The number of ketones is 1. The van der Waals surface area contributed by atoms with Crippen LogP contribution in [0, 0.1) is 0 Å². The second-order valence-corrected chi connectivity index (χ2v) is 4.48. The van der Waals surface area contributed by atoms with Gasteiger partial charge in [-0.25, -0.2) is 0 Å². The Hall–Kier alpha value is -0.630. The number of nitrogens with two attached hydrogens (primary N) is 1. The van der Waals surface area contributed by atoms with E-state index in [0.717, 1.165) is 18.4 Å². The van der Waals surface area contributed by atoms with Crippen molar-refractivity contribution in [2.24, 2.45) is 5.73 Å². The number of hydrogen-bond donors (Lipinski definition) is 1. The van der Waals surface area contributed by atoms with Gasteiger partial charge in [0.2, 0.25) is 0 Å². The van der Waals surface area contributed by atoms with Gasteiger partial charge < -0.3 is 5.73 Å². The number of allylic oxidation sites excluding steroid dienone is 1. The first-order chi connectivity index (χ1) is 5.81. The molecule has 0 saturated carbocycles. The fourth-order valence-corrected chi connectivity index (χ4v) is 0.939. The largest absolute Gasteiger partial charge is 0.326 e. The van der Waals surface area contributed by atoms with E-state index >= 15 is 0 Å². The average Bonchev–Trinajstić information content (AvgIpc) is 1.95. The minimum Gasteiger partial charge on any atom is -0.326 e. The summed E-state index contributed by atoms with van der Waals surface area (Å²) in [5.74, 6) is 0.293. The van der Waals surface area contributed by atoms with Crippen LogP contribution >= 0.6 is 0 Å². The third-order valence-electron chi connectivity index (χ3n) is 1.88. The van der Waals surface area contributed by atoms with E-state index < -0.39 is 0 Å². The van der Waals surface area contributed by atoms with Gasteiger partial charge in [0.15, 0.2) is 0 Å². The van der Waals surface area contributed by atoms with Crippen LogP contribution in [-0.4, -0.2) is 11.3 Å². The smallest absolute Gasteiger partial charge is 0.133 e. The van der Waals surface area contributed by atoms with Crippen molar-refractivity contribution < 1.29 is 4.79 Å². The topological polar surface area (TPSA) is 43.1 Å². The molecule has 0 spiro atoms. The first kappa shape index (κ1) is 12.4. The molecule has 0 saturated heterocycles. The van der Waals surface area contributed by atoms with Gasteiger partial charge in [0, 0.05) is 18.4 Å². The second kappa shape index (κ2) is 5.18. The summed E-state index contributed by atoms with van der Waals surface area (Å²) in [6.45, 7) is 9.59. The van der Waals surface area contributed by atoms with Crippen LogP contribution in [0.25, 0.3) is 0 Å². The molecule has 0 aliphatic heterocycles. The van der Waals surface area contributed by atoms with E-state index in [1.807, 2.05) is 20.8 Å². The highest BCUT2D eigenvalue weighted by Crippen LogP contribution is 2.10. The standard InChI is InChI=1S/C11H21NO/c1-9(2)5-6-10(13)7-8-11(3,4)12/h1,5-8,12H2,2-4H3. The van der Waals surface area contributed by atoms with E-state index in [4.69, 9.17) is 5.73 Å².